The van der Waals surface area contributed by atoms with Crippen LogP contribution in [0.25, 0.3) is 0 Å². The van der Waals surface area contributed by atoms with Gasteiger partial charge in [-0.05, 0) is 51.4 Å². The molecular formula is C28H43Cl2N5O7. The van der Waals surface area contributed by atoms with Gasteiger partial charge in [0.15, 0.2) is 0 Å². The Labute approximate surface area is 256 Å². The van der Waals surface area contributed by atoms with Gasteiger partial charge in [-0.1, -0.05) is 38.5 Å². The molecule has 5 N–H and O–H groups in total. The van der Waals surface area contributed by atoms with E-state index in [0.717, 1.165) is 38.5 Å². The number of rotatable bonds is 13. The van der Waals surface area contributed by atoms with Crippen molar-refractivity contribution in [3.05, 3.63) is 0 Å². The maximum Gasteiger partial charge on any atom is 0.325 e. The summed E-state index contributed by atoms with van der Waals surface area (Å²) in [5.74, 6) is -4.43. The van der Waals surface area contributed by atoms with E-state index in [9.17, 15) is 28.8 Å². The van der Waals surface area contributed by atoms with E-state index >= 15 is 0 Å². The molecular weight excluding hydrogens is 589 g/mol. The zero-order valence-electron chi connectivity index (χ0n) is 24.2. The van der Waals surface area contributed by atoms with Crippen molar-refractivity contribution in [1.29, 1.82) is 0 Å². The number of carbonyl (C=O) groups is 6. The number of halogens is 2. The largest absolute Gasteiger partial charge is 0.462 e. The number of primary amides is 1. The van der Waals surface area contributed by atoms with Gasteiger partial charge in [0, 0.05) is 12.5 Å². The fourth-order valence-electron chi connectivity index (χ4n) is 6.06. The maximum atomic E-state index is 14.1. The Hall–Kier alpha value is -2.60. The molecule has 3 rings (SSSR count). The lowest BCUT2D eigenvalue weighted by molar-refractivity contribution is -0.146. The van der Waals surface area contributed by atoms with Crippen molar-refractivity contribution in [1.82, 2.24) is 20.9 Å². The van der Waals surface area contributed by atoms with Crippen LogP contribution < -0.4 is 21.7 Å². The first-order valence-electron chi connectivity index (χ1n) is 14.9. The van der Waals surface area contributed by atoms with Crippen LogP contribution in [0.3, 0.4) is 0 Å². The van der Waals surface area contributed by atoms with Gasteiger partial charge in [-0.25, -0.2) is 4.79 Å². The molecule has 0 aromatic carbocycles. The number of hydrogen-bond donors (Lipinski definition) is 4. The Bertz CT molecular complexity index is 1020. The molecule has 0 radical (unpaired) electrons. The summed E-state index contributed by atoms with van der Waals surface area (Å²) < 4.78 is 5.04. The predicted molar refractivity (Wildman–Crippen MR) is 155 cm³/mol. The molecule has 1 saturated heterocycles. The molecule has 2 aliphatic carbocycles. The third-order valence-electron chi connectivity index (χ3n) is 8.42. The molecule has 2 saturated carbocycles. The minimum absolute atomic E-state index is 0.155. The Balaban J connectivity index is 1.80. The number of esters is 1. The van der Waals surface area contributed by atoms with E-state index in [1.165, 1.54) is 4.90 Å². The Morgan fingerprint density at radius 3 is 2.14 bits per heavy atom. The fourth-order valence-corrected chi connectivity index (χ4v) is 6.59. The molecule has 42 heavy (non-hydrogen) atoms. The van der Waals surface area contributed by atoms with E-state index in [4.69, 9.17) is 33.7 Å². The van der Waals surface area contributed by atoms with Crippen LogP contribution >= 0.6 is 23.2 Å². The highest BCUT2D eigenvalue weighted by atomic mass is 35.5. The fraction of sp³-hybridized carbons (Fsp3) is 0.786. The van der Waals surface area contributed by atoms with Gasteiger partial charge >= 0.3 is 12.0 Å². The molecule has 14 heteroatoms. The number of nitrogens with two attached hydrogens (primary N) is 1. The third-order valence-corrected chi connectivity index (χ3v) is 9.07. The molecule has 3 fully saturated rings. The lowest BCUT2D eigenvalue weighted by Gasteiger charge is -2.36. The summed E-state index contributed by atoms with van der Waals surface area (Å²) in [6.45, 7) is 3.17. The first-order valence-corrected chi connectivity index (χ1v) is 15.7. The van der Waals surface area contributed by atoms with Crippen molar-refractivity contribution < 1.29 is 33.5 Å². The molecule has 1 aliphatic heterocycles. The maximum absolute atomic E-state index is 14.1. The third kappa shape index (κ3) is 9.20. The van der Waals surface area contributed by atoms with Crippen LogP contribution in [0.2, 0.25) is 0 Å². The topological polar surface area (TPSA) is 177 Å². The Morgan fingerprint density at radius 1 is 0.929 bits per heavy atom. The van der Waals surface area contributed by atoms with Crippen LogP contribution in [0.15, 0.2) is 0 Å². The molecule has 5 amide bonds. The smallest absolute Gasteiger partial charge is 0.325 e. The number of nitrogens with zero attached hydrogens (tertiary/aromatic N) is 1. The number of carbonyl (C=O) groups excluding carboxylic acids is 6. The van der Waals surface area contributed by atoms with Gasteiger partial charge in [0.05, 0.1) is 12.1 Å². The van der Waals surface area contributed by atoms with Crippen molar-refractivity contribution in [3.8, 4) is 0 Å². The summed E-state index contributed by atoms with van der Waals surface area (Å²) in [5, 5.41) is 7.84. The van der Waals surface area contributed by atoms with Gasteiger partial charge in [-0.2, -0.15) is 0 Å². The molecule has 4 atom stereocenters. The standard InChI is InChI=1S/C28H43Cl2N5O7/c1-15(2)42-20(36)14-32-28(41)34-21(17-9-4-3-5-10-17)27(40)35-12-11-18(24(29)30)22(35)26(39)33-19(23(37)25(31)38)13-16-7-6-8-16/h15-19,21-22,24H,3-14H2,1-2H3,(H2,31,38)(H,33,39)(H2,32,34,41)/t18-,19?,21-,22-/m0/s1. The van der Waals surface area contributed by atoms with Crippen molar-refractivity contribution in [2.75, 3.05) is 13.1 Å². The van der Waals surface area contributed by atoms with Crippen molar-refractivity contribution >= 4 is 58.7 Å². The highest BCUT2D eigenvalue weighted by molar-refractivity contribution is 6.44. The molecule has 1 heterocycles. The molecule has 12 nitrogen and oxygen atoms in total. The van der Waals surface area contributed by atoms with Gasteiger partial charge in [0.25, 0.3) is 5.91 Å². The van der Waals surface area contributed by atoms with Crippen LogP contribution in [0.1, 0.15) is 78.1 Å². The van der Waals surface area contributed by atoms with E-state index in [1.807, 2.05) is 0 Å². The van der Waals surface area contributed by atoms with Crippen molar-refractivity contribution in [2.24, 2.45) is 23.5 Å². The highest BCUT2D eigenvalue weighted by Crippen LogP contribution is 2.35. The average molecular weight is 633 g/mol. The molecule has 0 spiro atoms. The number of likely N-dealkylation sites (tertiary alicyclic amines) is 1. The minimum atomic E-state index is -1.15. The van der Waals surface area contributed by atoms with E-state index < -0.39 is 64.4 Å². The Kier molecular flexibility index (Phi) is 12.7. The number of hydrogen-bond acceptors (Lipinski definition) is 7. The number of ether oxygens (including phenoxy) is 1. The van der Waals surface area contributed by atoms with Crippen LogP contribution in [-0.4, -0.2) is 82.6 Å². The van der Waals surface area contributed by atoms with Crippen LogP contribution in [0.4, 0.5) is 4.79 Å². The second-order valence-electron chi connectivity index (χ2n) is 11.8. The van der Waals surface area contributed by atoms with Gasteiger partial charge in [-0.3, -0.25) is 24.0 Å². The molecule has 236 valence electrons. The number of urea groups is 1. The van der Waals surface area contributed by atoms with Crippen molar-refractivity contribution in [2.45, 2.75) is 107 Å². The summed E-state index contributed by atoms with van der Waals surface area (Å²) in [6.07, 6.45) is 7.20. The molecule has 0 bridgehead atoms. The van der Waals surface area contributed by atoms with E-state index in [0.29, 0.717) is 19.3 Å². The number of amides is 5. The second kappa shape index (κ2) is 15.7. The van der Waals surface area contributed by atoms with Crippen LogP contribution in [0, 0.1) is 17.8 Å². The molecule has 1 unspecified atom stereocenters. The monoisotopic (exact) mass is 631 g/mol. The zero-order valence-corrected chi connectivity index (χ0v) is 25.8. The first kappa shape index (κ1) is 33.9. The van der Waals surface area contributed by atoms with E-state index in [1.54, 1.807) is 13.8 Å². The Morgan fingerprint density at radius 2 is 1.60 bits per heavy atom. The number of nitrogens with one attached hydrogen (secondary N) is 3. The summed E-state index contributed by atoms with van der Waals surface area (Å²) >= 11 is 12.5. The molecule has 0 aromatic rings. The first-order chi connectivity index (χ1) is 19.9. The van der Waals surface area contributed by atoms with Gasteiger partial charge in [0.2, 0.25) is 17.6 Å². The average Bonchev–Trinajstić information content (AvgIpc) is 3.37. The van der Waals surface area contributed by atoms with Gasteiger partial charge < -0.3 is 31.3 Å². The predicted octanol–water partition coefficient (Wildman–Crippen LogP) is 1.94. The number of ketones is 1. The van der Waals surface area contributed by atoms with Gasteiger partial charge in [-0.15, -0.1) is 23.2 Å². The van der Waals surface area contributed by atoms with Crippen molar-refractivity contribution in [3.63, 3.8) is 0 Å². The van der Waals surface area contributed by atoms with E-state index in [-0.39, 0.29) is 37.5 Å². The normalized spacial score (nSPS) is 22.7. The SMILES string of the molecule is CC(C)OC(=O)CNC(=O)N[C@H](C(=O)N1CC[C@H](C(Cl)Cl)[C@H]1C(=O)NC(CC1CCC1)C(=O)C(N)=O)C1CCCCC1. The van der Waals surface area contributed by atoms with E-state index in [2.05, 4.69) is 16.0 Å². The number of Topliss-reactive ketones (excluding diaryl/α,β-unsaturated/α-hetero) is 1. The lowest BCUT2D eigenvalue weighted by atomic mass is 9.80. The minimum Gasteiger partial charge on any atom is -0.462 e. The summed E-state index contributed by atoms with van der Waals surface area (Å²) in [7, 11) is 0. The molecule has 3 aliphatic rings. The molecule has 0 aromatic heterocycles. The summed E-state index contributed by atoms with van der Waals surface area (Å²) in [5.41, 5.74) is 5.27. The highest BCUT2D eigenvalue weighted by Gasteiger charge is 2.48. The van der Waals surface area contributed by atoms with Crippen LogP contribution in [0.5, 0.6) is 0 Å². The zero-order chi connectivity index (χ0) is 31.0. The quantitative estimate of drug-likeness (QED) is 0.136. The number of alkyl halides is 2. The second-order valence-corrected chi connectivity index (χ2v) is 13.0. The van der Waals surface area contributed by atoms with Gasteiger partial charge in [0.1, 0.15) is 23.5 Å². The van der Waals surface area contributed by atoms with Crippen LogP contribution in [-0.2, 0) is 28.7 Å². The summed E-state index contributed by atoms with van der Waals surface area (Å²) in [4.78, 5) is 77.2. The lowest BCUT2D eigenvalue weighted by Crippen LogP contribution is -2.60. The summed E-state index contributed by atoms with van der Waals surface area (Å²) in [6, 6.07) is -3.93.